The average Bonchev–Trinajstić information content (AvgIpc) is 3.01. The van der Waals surface area contributed by atoms with Gasteiger partial charge < -0.3 is 4.74 Å². The smallest absolute Gasteiger partial charge is 0.332 e. The Kier molecular flexibility index (Phi) is 6.16. The van der Waals surface area contributed by atoms with Gasteiger partial charge >= 0.3 is 6.03 Å². The van der Waals surface area contributed by atoms with Gasteiger partial charge in [-0.15, -0.1) is 0 Å². The Bertz CT molecular complexity index is 654. The first-order chi connectivity index (χ1) is 10.9. The molecule has 23 heavy (non-hydrogen) atoms. The summed E-state index contributed by atoms with van der Waals surface area (Å²) in [6.07, 6.45) is 4.78. The number of aromatic nitrogens is 2. The second-order valence-corrected chi connectivity index (χ2v) is 6.11. The number of hydrogen-bond donors (Lipinski definition) is 0. The Labute approximate surface area is 149 Å². The van der Waals surface area contributed by atoms with Crippen molar-refractivity contribution in [2.24, 2.45) is 0 Å². The van der Waals surface area contributed by atoms with Crippen LogP contribution >= 0.6 is 34.8 Å². The van der Waals surface area contributed by atoms with Crippen molar-refractivity contribution in [1.82, 2.24) is 14.5 Å². The Balaban J connectivity index is 2.22. The SMILES string of the molecule is CCCN(C(=O)n1ccnc1)C(C)Oc1c(Cl)cc(Cl)cc1Cl. The minimum atomic E-state index is -0.568. The van der Waals surface area contributed by atoms with Gasteiger partial charge in [-0.3, -0.25) is 9.47 Å². The Morgan fingerprint density at radius 3 is 2.52 bits per heavy atom. The normalized spacial score (nSPS) is 12.0. The van der Waals surface area contributed by atoms with E-state index in [1.54, 1.807) is 36.4 Å². The van der Waals surface area contributed by atoms with Crippen LogP contribution in [0.3, 0.4) is 0 Å². The van der Waals surface area contributed by atoms with Crippen LogP contribution in [-0.2, 0) is 0 Å². The highest BCUT2D eigenvalue weighted by atomic mass is 35.5. The Hall–Kier alpha value is -1.43. The number of hydrogen-bond acceptors (Lipinski definition) is 3. The summed E-state index contributed by atoms with van der Waals surface area (Å²) in [7, 11) is 0. The van der Waals surface area contributed by atoms with Gasteiger partial charge in [0.2, 0.25) is 0 Å². The molecule has 1 aromatic heterocycles. The number of amides is 1. The van der Waals surface area contributed by atoms with Gasteiger partial charge in [0.05, 0.1) is 10.0 Å². The Morgan fingerprint density at radius 1 is 1.35 bits per heavy atom. The molecule has 2 rings (SSSR count). The van der Waals surface area contributed by atoms with Gasteiger partial charge in [-0.05, 0) is 25.5 Å². The Morgan fingerprint density at radius 2 is 2.00 bits per heavy atom. The zero-order valence-corrected chi connectivity index (χ0v) is 14.9. The number of rotatable bonds is 5. The molecule has 1 atom stereocenters. The summed E-state index contributed by atoms with van der Waals surface area (Å²) in [4.78, 5) is 18.0. The van der Waals surface area contributed by atoms with Crippen molar-refractivity contribution in [3.05, 3.63) is 45.9 Å². The molecular weight excluding hydrogens is 361 g/mol. The molecule has 0 radical (unpaired) electrons. The van der Waals surface area contributed by atoms with Crippen LogP contribution in [0, 0.1) is 0 Å². The summed E-state index contributed by atoms with van der Waals surface area (Å²) in [5.74, 6) is 0.296. The zero-order valence-electron chi connectivity index (χ0n) is 12.7. The van der Waals surface area contributed by atoms with Crippen LogP contribution < -0.4 is 4.74 Å². The average molecular weight is 377 g/mol. The van der Waals surface area contributed by atoms with Crippen LogP contribution in [0.1, 0.15) is 20.3 Å². The summed E-state index contributed by atoms with van der Waals surface area (Å²) in [5, 5.41) is 1.00. The number of carbonyl (C=O) groups is 1. The molecule has 124 valence electrons. The summed E-state index contributed by atoms with van der Waals surface area (Å²) < 4.78 is 7.20. The van der Waals surface area contributed by atoms with E-state index < -0.39 is 6.23 Å². The molecule has 1 amide bonds. The highest BCUT2D eigenvalue weighted by Crippen LogP contribution is 2.36. The predicted octanol–water partition coefficient (Wildman–Crippen LogP) is 4.95. The van der Waals surface area contributed by atoms with Gasteiger partial charge in [-0.1, -0.05) is 41.7 Å². The highest BCUT2D eigenvalue weighted by molar-refractivity contribution is 6.40. The van der Waals surface area contributed by atoms with E-state index in [0.717, 1.165) is 6.42 Å². The van der Waals surface area contributed by atoms with E-state index in [1.807, 2.05) is 6.92 Å². The summed E-state index contributed by atoms with van der Waals surface area (Å²) >= 11 is 18.1. The minimum absolute atomic E-state index is 0.238. The molecule has 1 heterocycles. The molecule has 0 saturated carbocycles. The summed E-state index contributed by atoms with van der Waals surface area (Å²) in [5.41, 5.74) is 0. The van der Waals surface area contributed by atoms with Crippen LogP contribution in [0.5, 0.6) is 5.75 Å². The molecule has 0 aliphatic heterocycles. The largest absolute Gasteiger partial charge is 0.468 e. The fraction of sp³-hybridized carbons (Fsp3) is 0.333. The van der Waals surface area contributed by atoms with Crippen molar-refractivity contribution in [3.63, 3.8) is 0 Å². The third-order valence-corrected chi connectivity index (χ3v) is 3.91. The lowest BCUT2D eigenvalue weighted by molar-refractivity contribution is 0.0657. The molecule has 2 aromatic rings. The van der Waals surface area contributed by atoms with E-state index >= 15 is 0 Å². The van der Waals surface area contributed by atoms with Gasteiger partial charge in [0.15, 0.2) is 12.0 Å². The first kappa shape index (κ1) is 17.9. The van der Waals surface area contributed by atoms with E-state index in [-0.39, 0.29) is 6.03 Å². The maximum atomic E-state index is 12.5. The molecule has 5 nitrogen and oxygen atoms in total. The molecule has 0 fully saturated rings. The number of carbonyl (C=O) groups excluding carboxylic acids is 1. The van der Waals surface area contributed by atoms with Crippen LogP contribution in [0.2, 0.25) is 15.1 Å². The van der Waals surface area contributed by atoms with E-state index in [1.165, 1.54) is 10.9 Å². The predicted molar refractivity (Wildman–Crippen MR) is 91.6 cm³/mol. The van der Waals surface area contributed by atoms with Gasteiger partial charge in [-0.25, -0.2) is 9.78 Å². The third kappa shape index (κ3) is 4.31. The number of imidazole rings is 1. The van der Waals surface area contributed by atoms with Crippen molar-refractivity contribution in [2.75, 3.05) is 6.54 Å². The molecule has 0 saturated heterocycles. The van der Waals surface area contributed by atoms with Crippen LogP contribution in [0.4, 0.5) is 4.79 Å². The van der Waals surface area contributed by atoms with E-state index in [2.05, 4.69) is 4.98 Å². The van der Waals surface area contributed by atoms with Crippen LogP contribution in [-0.4, -0.2) is 33.3 Å². The molecule has 0 aliphatic carbocycles. The topological polar surface area (TPSA) is 47.4 Å². The number of ether oxygens (including phenoxy) is 1. The first-order valence-electron chi connectivity index (χ1n) is 7.04. The molecule has 0 N–H and O–H groups in total. The molecular formula is C15H16Cl3N3O2. The van der Waals surface area contributed by atoms with Crippen molar-refractivity contribution in [1.29, 1.82) is 0 Å². The van der Waals surface area contributed by atoms with E-state index in [4.69, 9.17) is 39.5 Å². The number of benzene rings is 1. The second-order valence-electron chi connectivity index (χ2n) is 4.86. The molecule has 0 bridgehead atoms. The standard InChI is InChI=1S/C15H16Cl3N3O2/c1-3-5-21(15(22)20-6-4-19-9-20)10(2)23-14-12(17)7-11(16)8-13(14)18/h4,6-10H,3,5H2,1-2H3. The van der Waals surface area contributed by atoms with Gasteiger partial charge in [0, 0.05) is 24.0 Å². The lowest BCUT2D eigenvalue weighted by Gasteiger charge is -2.29. The van der Waals surface area contributed by atoms with Crippen molar-refractivity contribution in [2.45, 2.75) is 26.5 Å². The van der Waals surface area contributed by atoms with Crippen LogP contribution in [0.25, 0.3) is 0 Å². The molecule has 1 aromatic carbocycles. The minimum Gasteiger partial charge on any atom is -0.468 e. The van der Waals surface area contributed by atoms with Gasteiger partial charge in [-0.2, -0.15) is 0 Å². The van der Waals surface area contributed by atoms with Crippen molar-refractivity contribution < 1.29 is 9.53 Å². The van der Waals surface area contributed by atoms with Gasteiger partial charge in [0.1, 0.15) is 6.33 Å². The fourth-order valence-corrected chi connectivity index (χ4v) is 2.98. The fourth-order valence-electron chi connectivity index (χ4n) is 2.07. The molecule has 0 spiro atoms. The second kappa shape index (κ2) is 7.90. The van der Waals surface area contributed by atoms with Crippen molar-refractivity contribution in [3.8, 4) is 5.75 Å². The van der Waals surface area contributed by atoms with Gasteiger partial charge in [0.25, 0.3) is 0 Å². The van der Waals surface area contributed by atoms with E-state index in [9.17, 15) is 4.79 Å². The maximum Gasteiger partial charge on any atom is 0.332 e. The highest BCUT2D eigenvalue weighted by Gasteiger charge is 2.23. The number of halogens is 3. The lowest BCUT2D eigenvalue weighted by Crippen LogP contribution is -2.44. The molecule has 1 unspecified atom stereocenters. The summed E-state index contributed by atoms with van der Waals surface area (Å²) in [6.45, 7) is 4.25. The third-order valence-electron chi connectivity index (χ3n) is 3.13. The first-order valence-corrected chi connectivity index (χ1v) is 8.17. The van der Waals surface area contributed by atoms with E-state index in [0.29, 0.717) is 27.4 Å². The molecule has 0 aliphatic rings. The summed E-state index contributed by atoms with van der Waals surface area (Å²) in [6, 6.07) is 2.84. The monoisotopic (exact) mass is 375 g/mol. The number of nitrogens with zero attached hydrogens (tertiary/aromatic N) is 3. The quantitative estimate of drug-likeness (QED) is 0.694. The lowest BCUT2D eigenvalue weighted by atomic mass is 10.3. The van der Waals surface area contributed by atoms with Crippen LogP contribution in [0.15, 0.2) is 30.9 Å². The van der Waals surface area contributed by atoms with Crippen molar-refractivity contribution >= 4 is 40.8 Å². The zero-order chi connectivity index (χ0) is 17.0. The molecule has 8 heteroatoms. The maximum absolute atomic E-state index is 12.5.